The molecule has 2 aliphatic rings. The molecular formula is C23H23BrN4S. The summed E-state index contributed by atoms with van der Waals surface area (Å²) in [6.45, 7) is 7.72. The maximum Gasteiger partial charge on any atom is 0.160 e. The fraction of sp³-hybridized carbons (Fsp3) is 0.304. The predicted molar refractivity (Wildman–Crippen MR) is 124 cm³/mol. The molecule has 148 valence electrons. The summed E-state index contributed by atoms with van der Waals surface area (Å²) >= 11 is 5.50. The Bertz CT molecular complexity index is 1090. The summed E-state index contributed by atoms with van der Waals surface area (Å²) in [5, 5.41) is 1.72. The van der Waals surface area contributed by atoms with Crippen LogP contribution < -0.4 is 0 Å². The highest BCUT2D eigenvalue weighted by atomic mass is 79.9. The third-order valence-corrected chi connectivity index (χ3v) is 7.33. The third kappa shape index (κ3) is 3.22. The number of rotatable bonds is 3. The van der Waals surface area contributed by atoms with E-state index < -0.39 is 0 Å². The highest BCUT2D eigenvalue weighted by molar-refractivity contribution is 9.10. The monoisotopic (exact) mass is 466 g/mol. The molecule has 0 spiro atoms. The first-order valence-corrected chi connectivity index (χ1v) is 11.6. The van der Waals surface area contributed by atoms with E-state index in [1.165, 1.54) is 22.6 Å². The van der Waals surface area contributed by atoms with Gasteiger partial charge < -0.3 is 9.47 Å². The van der Waals surface area contributed by atoms with E-state index in [0.717, 1.165) is 21.9 Å². The Labute approximate surface area is 184 Å². The first-order chi connectivity index (χ1) is 14.0. The molecule has 5 rings (SSSR count). The van der Waals surface area contributed by atoms with Crippen molar-refractivity contribution in [1.82, 2.24) is 14.5 Å². The van der Waals surface area contributed by atoms with Crippen LogP contribution in [0.3, 0.4) is 0 Å². The van der Waals surface area contributed by atoms with Crippen LogP contribution in [-0.2, 0) is 0 Å². The van der Waals surface area contributed by atoms with Crippen LogP contribution in [0.15, 0.2) is 64.2 Å². The van der Waals surface area contributed by atoms with Gasteiger partial charge in [0.05, 0.1) is 11.7 Å². The molecule has 2 aliphatic heterocycles. The lowest BCUT2D eigenvalue weighted by atomic mass is 9.96. The van der Waals surface area contributed by atoms with Gasteiger partial charge in [-0.25, -0.2) is 0 Å². The Kier molecular flexibility index (Phi) is 4.79. The van der Waals surface area contributed by atoms with E-state index in [1.54, 1.807) is 0 Å². The van der Waals surface area contributed by atoms with Crippen molar-refractivity contribution in [2.24, 2.45) is 4.99 Å². The molecule has 1 aromatic carbocycles. The van der Waals surface area contributed by atoms with Gasteiger partial charge in [0.2, 0.25) is 0 Å². The van der Waals surface area contributed by atoms with Crippen LogP contribution in [0.1, 0.15) is 41.7 Å². The van der Waals surface area contributed by atoms with Gasteiger partial charge in [0.25, 0.3) is 0 Å². The number of nitrogens with zero attached hydrogens (tertiary/aromatic N) is 4. The van der Waals surface area contributed by atoms with Crippen LogP contribution in [0, 0.1) is 13.8 Å². The number of pyridine rings is 1. The first kappa shape index (κ1) is 18.9. The molecule has 0 aliphatic carbocycles. The number of benzene rings is 1. The van der Waals surface area contributed by atoms with E-state index in [-0.39, 0.29) is 12.1 Å². The van der Waals surface area contributed by atoms with Crippen LogP contribution in [0.5, 0.6) is 0 Å². The quantitative estimate of drug-likeness (QED) is 0.485. The van der Waals surface area contributed by atoms with Crippen LogP contribution >= 0.6 is 27.7 Å². The Morgan fingerprint density at radius 2 is 1.97 bits per heavy atom. The molecule has 29 heavy (non-hydrogen) atoms. The van der Waals surface area contributed by atoms with E-state index >= 15 is 0 Å². The van der Waals surface area contributed by atoms with Gasteiger partial charge in [-0.05, 0) is 55.8 Å². The predicted octanol–water partition coefficient (Wildman–Crippen LogP) is 5.84. The normalized spacial score (nSPS) is 23.4. The number of hydrogen-bond donors (Lipinski definition) is 0. The number of aliphatic imine (C=N–C) groups is 1. The standard InChI is InChI=1S/C23H23BrN4S/c1-14-11-19(16(3)28(14)18-8-6-7-17(24)12-18)22-21(20-9-4-5-10-25-20)26-23-27(22)13-15(2)29-23/h4-12,15,21-22H,13H2,1-3H3/t15-,21+,22-/m0/s1. The number of thioether (sulfide) groups is 1. The van der Waals surface area contributed by atoms with Crippen molar-refractivity contribution in [3.63, 3.8) is 0 Å². The summed E-state index contributed by atoms with van der Waals surface area (Å²) in [7, 11) is 0. The summed E-state index contributed by atoms with van der Waals surface area (Å²) in [6.07, 6.45) is 1.87. The molecule has 3 atom stereocenters. The summed E-state index contributed by atoms with van der Waals surface area (Å²) < 4.78 is 3.44. The minimum Gasteiger partial charge on any atom is -0.341 e. The second-order valence-electron chi connectivity index (χ2n) is 7.78. The van der Waals surface area contributed by atoms with E-state index in [2.05, 4.69) is 93.6 Å². The van der Waals surface area contributed by atoms with Crippen molar-refractivity contribution < 1.29 is 0 Å². The highest BCUT2D eigenvalue weighted by Gasteiger charge is 2.44. The molecule has 0 N–H and O–H groups in total. The lowest BCUT2D eigenvalue weighted by Gasteiger charge is -2.27. The Morgan fingerprint density at radius 3 is 2.72 bits per heavy atom. The average molecular weight is 467 g/mol. The molecule has 0 amide bonds. The van der Waals surface area contributed by atoms with Gasteiger partial charge in [-0.1, -0.05) is 46.7 Å². The molecule has 1 saturated heterocycles. The molecular weight excluding hydrogens is 444 g/mol. The van der Waals surface area contributed by atoms with Gasteiger partial charge in [-0.15, -0.1) is 0 Å². The lowest BCUT2D eigenvalue weighted by molar-refractivity contribution is 0.320. The maximum absolute atomic E-state index is 5.12. The zero-order valence-corrected chi connectivity index (χ0v) is 19.1. The third-order valence-electron chi connectivity index (χ3n) is 5.74. The topological polar surface area (TPSA) is 33.4 Å². The molecule has 0 unspecified atom stereocenters. The Balaban J connectivity index is 1.63. The SMILES string of the molecule is Cc1cc([C@H]2[C@@H](c3ccccn3)N=C3S[C@@H](C)CN32)c(C)n1-c1cccc(Br)c1. The second-order valence-corrected chi connectivity index (χ2v) is 10.1. The van der Waals surface area contributed by atoms with Crippen LogP contribution in [-0.4, -0.2) is 31.4 Å². The fourth-order valence-corrected chi connectivity index (χ4v) is 6.03. The number of fused-ring (bicyclic) bond motifs is 1. The van der Waals surface area contributed by atoms with Crippen LogP contribution in [0.25, 0.3) is 5.69 Å². The van der Waals surface area contributed by atoms with Crippen LogP contribution in [0.2, 0.25) is 0 Å². The number of hydrogen-bond acceptors (Lipinski definition) is 4. The zero-order chi connectivity index (χ0) is 20.1. The summed E-state index contributed by atoms with van der Waals surface area (Å²) in [5.74, 6) is 0. The van der Waals surface area contributed by atoms with E-state index in [4.69, 9.17) is 4.99 Å². The van der Waals surface area contributed by atoms with Crippen LogP contribution in [0.4, 0.5) is 0 Å². The van der Waals surface area contributed by atoms with Crippen molar-refractivity contribution in [3.8, 4) is 5.69 Å². The highest BCUT2D eigenvalue weighted by Crippen LogP contribution is 2.48. The molecule has 6 heteroatoms. The Morgan fingerprint density at radius 1 is 1.10 bits per heavy atom. The number of halogens is 1. The first-order valence-electron chi connectivity index (χ1n) is 9.89. The minimum absolute atomic E-state index is 0.0302. The van der Waals surface area contributed by atoms with E-state index in [1.807, 2.05) is 24.0 Å². The van der Waals surface area contributed by atoms with Crippen molar-refractivity contribution in [2.45, 2.75) is 38.1 Å². The largest absolute Gasteiger partial charge is 0.341 e. The molecule has 2 aromatic heterocycles. The Hall–Kier alpha value is -2.05. The van der Waals surface area contributed by atoms with Gasteiger partial charge >= 0.3 is 0 Å². The van der Waals surface area contributed by atoms with Gasteiger partial charge in [0.1, 0.15) is 6.04 Å². The molecule has 4 heterocycles. The zero-order valence-electron chi connectivity index (χ0n) is 16.7. The second kappa shape index (κ2) is 7.33. The van der Waals surface area contributed by atoms with Crippen molar-refractivity contribution in [2.75, 3.05) is 6.54 Å². The summed E-state index contributed by atoms with van der Waals surface area (Å²) in [5.41, 5.74) is 6.07. The van der Waals surface area contributed by atoms with Crippen molar-refractivity contribution in [1.29, 1.82) is 0 Å². The summed E-state index contributed by atoms with van der Waals surface area (Å²) in [4.78, 5) is 12.3. The number of amidine groups is 1. The average Bonchev–Trinajstić information content (AvgIpc) is 3.32. The molecule has 4 nitrogen and oxygen atoms in total. The van der Waals surface area contributed by atoms with Gasteiger partial charge in [-0.2, -0.15) is 0 Å². The summed E-state index contributed by atoms with van der Waals surface area (Å²) in [6, 6.07) is 17.2. The lowest BCUT2D eigenvalue weighted by Crippen LogP contribution is -2.28. The van der Waals surface area contributed by atoms with Crippen molar-refractivity contribution >= 4 is 32.9 Å². The van der Waals surface area contributed by atoms with E-state index in [9.17, 15) is 0 Å². The van der Waals surface area contributed by atoms with Gasteiger partial charge in [0.15, 0.2) is 5.17 Å². The van der Waals surface area contributed by atoms with E-state index in [0.29, 0.717) is 5.25 Å². The van der Waals surface area contributed by atoms with Crippen molar-refractivity contribution in [3.05, 3.63) is 81.8 Å². The maximum atomic E-state index is 5.12. The van der Waals surface area contributed by atoms with Gasteiger partial charge in [0, 0.05) is 39.5 Å². The van der Waals surface area contributed by atoms with Gasteiger partial charge in [-0.3, -0.25) is 9.98 Å². The molecule has 0 radical (unpaired) electrons. The minimum atomic E-state index is 0.0302. The molecule has 0 saturated carbocycles. The number of aryl methyl sites for hydroxylation is 1. The molecule has 1 fully saturated rings. The molecule has 3 aromatic rings. The smallest absolute Gasteiger partial charge is 0.160 e. The fourth-order valence-electron chi connectivity index (χ4n) is 4.55. The molecule has 0 bridgehead atoms. The number of aromatic nitrogens is 2.